The quantitative estimate of drug-likeness (QED) is 0.904. The van der Waals surface area contributed by atoms with Crippen molar-refractivity contribution in [2.75, 3.05) is 7.11 Å². The molecule has 0 saturated heterocycles. The maximum absolute atomic E-state index is 11.0. The van der Waals surface area contributed by atoms with Crippen molar-refractivity contribution in [2.45, 2.75) is 0 Å². The Morgan fingerprint density at radius 2 is 2.05 bits per heavy atom. The van der Waals surface area contributed by atoms with E-state index in [2.05, 4.69) is 9.97 Å². The molecule has 0 radical (unpaired) electrons. The SMILES string of the molecule is COc1ccc(C(=O)O)cc1Oc1nccnc1C#N. The van der Waals surface area contributed by atoms with E-state index >= 15 is 0 Å². The zero-order valence-electron chi connectivity index (χ0n) is 10.4. The van der Waals surface area contributed by atoms with Gasteiger partial charge in [0.15, 0.2) is 11.5 Å². The van der Waals surface area contributed by atoms with Crippen LogP contribution in [0.5, 0.6) is 17.4 Å². The van der Waals surface area contributed by atoms with Crippen molar-refractivity contribution in [3.05, 3.63) is 41.9 Å². The summed E-state index contributed by atoms with van der Waals surface area (Å²) in [5.41, 5.74) is 0.0264. The van der Waals surface area contributed by atoms with Gasteiger partial charge in [-0.25, -0.2) is 14.8 Å². The van der Waals surface area contributed by atoms with Gasteiger partial charge in [-0.2, -0.15) is 5.26 Å². The molecular weight excluding hydrogens is 262 g/mol. The van der Waals surface area contributed by atoms with Crippen LogP contribution in [0.25, 0.3) is 0 Å². The summed E-state index contributed by atoms with van der Waals surface area (Å²) < 4.78 is 10.5. The van der Waals surface area contributed by atoms with E-state index in [1.807, 2.05) is 6.07 Å². The zero-order valence-corrected chi connectivity index (χ0v) is 10.4. The summed E-state index contributed by atoms with van der Waals surface area (Å²) in [5, 5.41) is 17.9. The van der Waals surface area contributed by atoms with E-state index in [0.29, 0.717) is 5.75 Å². The molecule has 20 heavy (non-hydrogen) atoms. The number of rotatable bonds is 4. The fourth-order valence-electron chi connectivity index (χ4n) is 1.47. The summed E-state index contributed by atoms with van der Waals surface area (Å²) in [6.07, 6.45) is 2.72. The number of hydrogen-bond acceptors (Lipinski definition) is 6. The summed E-state index contributed by atoms with van der Waals surface area (Å²) >= 11 is 0. The Morgan fingerprint density at radius 3 is 2.70 bits per heavy atom. The number of ether oxygens (including phenoxy) is 2. The van der Waals surface area contributed by atoms with Gasteiger partial charge in [-0.1, -0.05) is 0 Å². The van der Waals surface area contributed by atoms with Crippen molar-refractivity contribution >= 4 is 5.97 Å². The van der Waals surface area contributed by atoms with Crippen molar-refractivity contribution in [3.8, 4) is 23.4 Å². The largest absolute Gasteiger partial charge is 0.493 e. The first-order valence-corrected chi connectivity index (χ1v) is 5.46. The molecule has 1 N–H and O–H groups in total. The lowest BCUT2D eigenvalue weighted by Crippen LogP contribution is -2.00. The van der Waals surface area contributed by atoms with Crippen LogP contribution in [0.4, 0.5) is 0 Å². The van der Waals surface area contributed by atoms with E-state index in [1.54, 1.807) is 0 Å². The van der Waals surface area contributed by atoms with Gasteiger partial charge in [0.2, 0.25) is 5.69 Å². The Labute approximate surface area is 114 Å². The third kappa shape index (κ3) is 2.64. The van der Waals surface area contributed by atoms with Gasteiger partial charge in [0.05, 0.1) is 12.7 Å². The summed E-state index contributed by atoms with van der Waals surface area (Å²) in [6.45, 7) is 0. The predicted molar refractivity (Wildman–Crippen MR) is 66.8 cm³/mol. The Balaban J connectivity index is 2.44. The number of nitrogens with zero attached hydrogens (tertiary/aromatic N) is 3. The first-order valence-electron chi connectivity index (χ1n) is 5.46. The minimum atomic E-state index is -1.10. The Morgan fingerprint density at radius 1 is 1.30 bits per heavy atom. The maximum atomic E-state index is 11.0. The molecule has 0 unspecified atom stereocenters. The fraction of sp³-hybridized carbons (Fsp3) is 0.0769. The molecule has 0 amide bonds. The summed E-state index contributed by atoms with van der Waals surface area (Å²) in [5.74, 6) is -0.651. The number of aromatic nitrogens is 2. The van der Waals surface area contributed by atoms with E-state index in [-0.39, 0.29) is 22.9 Å². The third-order valence-corrected chi connectivity index (χ3v) is 2.39. The summed E-state index contributed by atoms with van der Waals surface area (Å²) in [4.78, 5) is 18.6. The monoisotopic (exact) mass is 271 g/mol. The van der Waals surface area contributed by atoms with Crippen molar-refractivity contribution in [1.29, 1.82) is 5.26 Å². The van der Waals surface area contributed by atoms with Gasteiger partial charge in [-0.15, -0.1) is 0 Å². The summed E-state index contributed by atoms with van der Waals surface area (Å²) in [7, 11) is 1.42. The lowest BCUT2D eigenvalue weighted by Gasteiger charge is -2.10. The molecule has 0 aliphatic heterocycles. The van der Waals surface area contributed by atoms with Crippen molar-refractivity contribution < 1.29 is 19.4 Å². The van der Waals surface area contributed by atoms with Crippen LogP contribution in [0.2, 0.25) is 0 Å². The molecule has 7 heteroatoms. The number of hydrogen-bond donors (Lipinski definition) is 1. The van der Waals surface area contributed by atoms with E-state index in [0.717, 1.165) is 0 Å². The lowest BCUT2D eigenvalue weighted by molar-refractivity contribution is 0.0696. The average Bonchev–Trinajstić information content (AvgIpc) is 2.47. The van der Waals surface area contributed by atoms with Crippen LogP contribution in [0, 0.1) is 11.3 Å². The van der Waals surface area contributed by atoms with Gasteiger partial charge in [-0.3, -0.25) is 0 Å². The fourth-order valence-corrected chi connectivity index (χ4v) is 1.47. The smallest absolute Gasteiger partial charge is 0.335 e. The van der Waals surface area contributed by atoms with Crippen LogP contribution >= 0.6 is 0 Å². The third-order valence-electron chi connectivity index (χ3n) is 2.39. The van der Waals surface area contributed by atoms with Crippen molar-refractivity contribution in [1.82, 2.24) is 9.97 Å². The summed E-state index contributed by atoms with van der Waals surface area (Å²) in [6, 6.07) is 5.97. The van der Waals surface area contributed by atoms with Crippen LogP contribution in [0.3, 0.4) is 0 Å². The molecule has 0 fully saturated rings. The standard InChI is InChI=1S/C13H9N3O4/c1-19-10-3-2-8(13(17)18)6-11(10)20-12-9(7-14)15-4-5-16-12/h2-6H,1H3,(H,17,18). The number of benzene rings is 1. The van der Waals surface area contributed by atoms with Crippen LogP contribution in [0.15, 0.2) is 30.6 Å². The van der Waals surface area contributed by atoms with Crippen LogP contribution in [-0.4, -0.2) is 28.2 Å². The van der Waals surface area contributed by atoms with Gasteiger partial charge in [0.1, 0.15) is 6.07 Å². The lowest BCUT2D eigenvalue weighted by atomic mass is 10.2. The number of methoxy groups -OCH3 is 1. The minimum absolute atomic E-state index is 0.00437. The Bertz CT molecular complexity index is 694. The van der Waals surface area contributed by atoms with E-state index < -0.39 is 5.97 Å². The van der Waals surface area contributed by atoms with Crippen molar-refractivity contribution in [2.24, 2.45) is 0 Å². The molecule has 0 bridgehead atoms. The first kappa shape index (κ1) is 13.3. The highest BCUT2D eigenvalue weighted by Crippen LogP contribution is 2.32. The van der Waals surface area contributed by atoms with Crippen molar-refractivity contribution in [3.63, 3.8) is 0 Å². The Hall–Kier alpha value is -3.14. The van der Waals surface area contributed by atoms with Gasteiger partial charge in [-0.05, 0) is 18.2 Å². The molecule has 7 nitrogen and oxygen atoms in total. The molecule has 0 atom stereocenters. The van der Waals surface area contributed by atoms with Gasteiger partial charge >= 0.3 is 5.97 Å². The van der Waals surface area contributed by atoms with Gasteiger partial charge < -0.3 is 14.6 Å². The second-order valence-electron chi connectivity index (χ2n) is 3.59. The number of carbonyl (C=O) groups is 1. The highest BCUT2D eigenvalue weighted by molar-refractivity contribution is 5.88. The molecule has 2 aromatic rings. The number of nitriles is 1. The van der Waals surface area contributed by atoms with Gasteiger partial charge in [0, 0.05) is 12.4 Å². The van der Waals surface area contributed by atoms with E-state index in [4.69, 9.17) is 19.8 Å². The Kier molecular flexibility index (Phi) is 3.77. The minimum Gasteiger partial charge on any atom is -0.493 e. The molecule has 0 aliphatic rings. The molecule has 1 aromatic carbocycles. The molecule has 1 heterocycles. The zero-order chi connectivity index (χ0) is 14.5. The van der Waals surface area contributed by atoms with E-state index in [9.17, 15) is 4.79 Å². The second-order valence-corrected chi connectivity index (χ2v) is 3.59. The highest BCUT2D eigenvalue weighted by Gasteiger charge is 2.14. The first-order chi connectivity index (χ1) is 9.65. The number of carboxylic acids is 1. The molecule has 0 saturated carbocycles. The van der Waals surface area contributed by atoms with Crippen LogP contribution in [0.1, 0.15) is 16.1 Å². The normalized spacial score (nSPS) is 9.60. The molecular formula is C13H9N3O4. The molecule has 100 valence electrons. The second kappa shape index (κ2) is 5.67. The molecule has 1 aromatic heterocycles. The molecule has 0 aliphatic carbocycles. The average molecular weight is 271 g/mol. The topological polar surface area (TPSA) is 105 Å². The molecule has 2 rings (SSSR count). The van der Waals surface area contributed by atoms with E-state index in [1.165, 1.54) is 37.7 Å². The number of aromatic carboxylic acids is 1. The maximum Gasteiger partial charge on any atom is 0.335 e. The highest BCUT2D eigenvalue weighted by atomic mass is 16.5. The predicted octanol–water partition coefficient (Wildman–Crippen LogP) is 1.85. The van der Waals surface area contributed by atoms with Gasteiger partial charge in [0.25, 0.3) is 5.88 Å². The van der Waals surface area contributed by atoms with Crippen LogP contribution in [-0.2, 0) is 0 Å². The molecule has 0 spiro atoms. The number of carboxylic acid groups (broad SMARTS) is 1. The van der Waals surface area contributed by atoms with Crippen LogP contribution < -0.4 is 9.47 Å².